The SMILES string of the molecule is CC(NC(=O)c1cc(S(=O)(=O)N(C)C)ccc1N1CCCCC1)C(=O)O. The Balaban J connectivity index is 2.48. The maximum atomic E-state index is 12.7. The maximum absolute atomic E-state index is 12.7. The predicted octanol–water partition coefficient (Wildman–Crippen LogP) is 1.13. The molecule has 0 aromatic heterocycles. The summed E-state index contributed by atoms with van der Waals surface area (Å²) in [6.07, 6.45) is 3.09. The molecule has 1 amide bonds. The van der Waals surface area contributed by atoms with Crippen LogP contribution in [-0.4, -0.2) is 62.9 Å². The number of hydrogen-bond donors (Lipinski definition) is 2. The fourth-order valence-corrected chi connectivity index (χ4v) is 3.74. The number of carboxylic acid groups (broad SMARTS) is 1. The fraction of sp³-hybridized carbons (Fsp3) is 0.529. The molecule has 26 heavy (non-hydrogen) atoms. The number of carboxylic acids is 1. The van der Waals surface area contributed by atoms with E-state index in [1.54, 1.807) is 6.07 Å². The Bertz CT molecular complexity index is 786. The Labute approximate surface area is 153 Å². The van der Waals surface area contributed by atoms with E-state index in [4.69, 9.17) is 5.11 Å². The van der Waals surface area contributed by atoms with Crippen molar-refractivity contribution in [3.05, 3.63) is 23.8 Å². The second-order valence-corrected chi connectivity index (χ2v) is 8.70. The van der Waals surface area contributed by atoms with Gasteiger partial charge < -0.3 is 15.3 Å². The van der Waals surface area contributed by atoms with Gasteiger partial charge in [0, 0.05) is 32.9 Å². The number of carbonyl (C=O) groups is 2. The highest BCUT2D eigenvalue weighted by Crippen LogP contribution is 2.28. The van der Waals surface area contributed by atoms with E-state index >= 15 is 0 Å². The van der Waals surface area contributed by atoms with E-state index in [2.05, 4.69) is 5.32 Å². The average Bonchev–Trinajstić information content (AvgIpc) is 2.61. The van der Waals surface area contributed by atoms with Crippen LogP contribution in [0.15, 0.2) is 23.1 Å². The summed E-state index contributed by atoms with van der Waals surface area (Å²) in [4.78, 5) is 25.7. The molecule has 144 valence electrons. The Morgan fingerprint density at radius 2 is 1.81 bits per heavy atom. The molecule has 1 heterocycles. The van der Waals surface area contributed by atoms with E-state index in [-0.39, 0.29) is 10.5 Å². The fourth-order valence-electron chi connectivity index (χ4n) is 2.81. The summed E-state index contributed by atoms with van der Waals surface area (Å²) in [6, 6.07) is 3.35. The summed E-state index contributed by atoms with van der Waals surface area (Å²) >= 11 is 0. The predicted molar refractivity (Wildman–Crippen MR) is 97.9 cm³/mol. The second kappa shape index (κ2) is 8.05. The van der Waals surface area contributed by atoms with Crippen LogP contribution in [0.4, 0.5) is 5.69 Å². The van der Waals surface area contributed by atoms with Crippen LogP contribution in [-0.2, 0) is 14.8 Å². The van der Waals surface area contributed by atoms with Crippen molar-refractivity contribution in [1.29, 1.82) is 0 Å². The Morgan fingerprint density at radius 3 is 2.35 bits per heavy atom. The van der Waals surface area contributed by atoms with Gasteiger partial charge >= 0.3 is 5.97 Å². The van der Waals surface area contributed by atoms with Gasteiger partial charge in [0.05, 0.1) is 10.5 Å². The van der Waals surface area contributed by atoms with E-state index in [0.717, 1.165) is 36.7 Å². The summed E-state index contributed by atoms with van der Waals surface area (Å²) in [5.41, 5.74) is 0.792. The number of nitrogens with zero attached hydrogens (tertiary/aromatic N) is 2. The standard InChI is InChI=1S/C17H25N3O5S/c1-12(17(22)23)18-16(21)14-11-13(26(24,25)19(2)3)7-8-15(14)20-9-5-4-6-10-20/h7-8,11-12H,4-6,9-10H2,1-3H3,(H,18,21)(H,22,23). The van der Waals surface area contributed by atoms with E-state index in [0.29, 0.717) is 5.69 Å². The summed E-state index contributed by atoms with van der Waals surface area (Å²) < 4.78 is 25.9. The van der Waals surface area contributed by atoms with Gasteiger partial charge in [0.1, 0.15) is 6.04 Å². The number of aliphatic carboxylic acids is 1. The van der Waals surface area contributed by atoms with Gasteiger partial charge in [-0.2, -0.15) is 0 Å². The largest absolute Gasteiger partial charge is 0.480 e. The molecule has 1 atom stereocenters. The topological polar surface area (TPSA) is 107 Å². The van der Waals surface area contributed by atoms with Crippen molar-refractivity contribution in [2.24, 2.45) is 0 Å². The smallest absolute Gasteiger partial charge is 0.325 e. The molecule has 9 heteroatoms. The lowest BCUT2D eigenvalue weighted by Crippen LogP contribution is -2.39. The van der Waals surface area contributed by atoms with Crippen LogP contribution in [0.2, 0.25) is 0 Å². The number of benzene rings is 1. The van der Waals surface area contributed by atoms with Crippen LogP contribution < -0.4 is 10.2 Å². The van der Waals surface area contributed by atoms with Crippen molar-refractivity contribution in [3.63, 3.8) is 0 Å². The number of piperidine rings is 1. The number of rotatable bonds is 6. The van der Waals surface area contributed by atoms with Crippen molar-refractivity contribution >= 4 is 27.6 Å². The number of sulfonamides is 1. The molecule has 2 rings (SSSR count). The summed E-state index contributed by atoms with van der Waals surface area (Å²) in [7, 11) is -0.873. The zero-order valence-electron chi connectivity index (χ0n) is 15.2. The van der Waals surface area contributed by atoms with Crippen LogP contribution in [0.3, 0.4) is 0 Å². The van der Waals surface area contributed by atoms with Gasteiger partial charge in [-0.25, -0.2) is 12.7 Å². The molecule has 0 aliphatic carbocycles. The molecule has 1 aromatic carbocycles. The van der Waals surface area contributed by atoms with Crippen molar-refractivity contribution in [2.45, 2.75) is 37.1 Å². The number of anilines is 1. The third kappa shape index (κ3) is 4.34. The number of hydrogen-bond acceptors (Lipinski definition) is 5. The second-order valence-electron chi connectivity index (χ2n) is 6.55. The Hall–Kier alpha value is -2.13. The van der Waals surface area contributed by atoms with Crippen LogP contribution in [0.25, 0.3) is 0 Å². The zero-order chi connectivity index (χ0) is 19.5. The van der Waals surface area contributed by atoms with E-state index in [9.17, 15) is 18.0 Å². The van der Waals surface area contributed by atoms with Gasteiger partial charge in [0.2, 0.25) is 10.0 Å². The molecule has 1 saturated heterocycles. The quantitative estimate of drug-likeness (QED) is 0.763. The third-order valence-electron chi connectivity index (χ3n) is 4.41. The molecule has 1 fully saturated rings. The van der Waals surface area contributed by atoms with Gasteiger partial charge in [-0.05, 0) is 44.4 Å². The first-order chi connectivity index (χ1) is 12.1. The van der Waals surface area contributed by atoms with E-state index in [1.807, 2.05) is 4.90 Å². The minimum atomic E-state index is -3.71. The summed E-state index contributed by atoms with van der Waals surface area (Å²) in [6.45, 7) is 2.91. The summed E-state index contributed by atoms with van der Waals surface area (Å²) in [5, 5.41) is 11.4. The minimum Gasteiger partial charge on any atom is -0.480 e. The van der Waals surface area contributed by atoms with Gasteiger partial charge in [-0.15, -0.1) is 0 Å². The molecule has 1 aliphatic rings. The lowest BCUT2D eigenvalue weighted by Gasteiger charge is -2.30. The monoisotopic (exact) mass is 383 g/mol. The molecular weight excluding hydrogens is 358 g/mol. The van der Waals surface area contributed by atoms with Gasteiger partial charge in [0.25, 0.3) is 5.91 Å². The van der Waals surface area contributed by atoms with Crippen molar-refractivity contribution in [2.75, 3.05) is 32.1 Å². The third-order valence-corrected chi connectivity index (χ3v) is 6.22. The molecule has 0 radical (unpaired) electrons. The van der Waals surface area contributed by atoms with Crippen LogP contribution >= 0.6 is 0 Å². The Kier molecular flexibility index (Phi) is 6.25. The molecule has 1 aliphatic heterocycles. The molecule has 0 spiro atoms. The molecule has 1 unspecified atom stereocenters. The Morgan fingerprint density at radius 1 is 1.19 bits per heavy atom. The van der Waals surface area contributed by atoms with Crippen LogP contribution in [0.1, 0.15) is 36.5 Å². The van der Waals surface area contributed by atoms with Gasteiger partial charge in [-0.3, -0.25) is 9.59 Å². The van der Waals surface area contributed by atoms with Crippen LogP contribution in [0, 0.1) is 0 Å². The highest BCUT2D eigenvalue weighted by molar-refractivity contribution is 7.89. The minimum absolute atomic E-state index is 0.00334. The first-order valence-corrected chi connectivity index (χ1v) is 9.94. The van der Waals surface area contributed by atoms with Crippen molar-refractivity contribution < 1.29 is 23.1 Å². The molecule has 1 aromatic rings. The van der Waals surface area contributed by atoms with Crippen molar-refractivity contribution in [3.8, 4) is 0 Å². The highest BCUT2D eigenvalue weighted by Gasteiger charge is 2.25. The first-order valence-electron chi connectivity index (χ1n) is 8.50. The van der Waals surface area contributed by atoms with E-state index in [1.165, 1.54) is 33.2 Å². The summed E-state index contributed by atoms with van der Waals surface area (Å²) in [5.74, 6) is -1.76. The van der Waals surface area contributed by atoms with Gasteiger partial charge in [-0.1, -0.05) is 0 Å². The lowest BCUT2D eigenvalue weighted by molar-refractivity contribution is -0.138. The molecule has 0 saturated carbocycles. The normalized spacial score (nSPS) is 16.4. The van der Waals surface area contributed by atoms with E-state index < -0.39 is 27.9 Å². The van der Waals surface area contributed by atoms with Crippen molar-refractivity contribution in [1.82, 2.24) is 9.62 Å². The number of amides is 1. The average molecular weight is 383 g/mol. The zero-order valence-corrected chi connectivity index (χ0v) is 16.0. The molecule has 8 nitrogen and oxygen atoms in total. The number of carbonyl (C=O) groups excluding carboxylic acids is 1. The maximum Gasteiger partial charge on any atom is 0.325 e. The first kappa shape index (κ1) is 20.2. The van der Waals surface area contributed by atoms with Gasteiger partial charge in [0.15, 0.2) is 0 Å². The molecular formula is C17H25N3O5S. The lowest BCUT2D eigenvalue weighted by atomic mass is 10.1. The molecule has 2 N–H and O–H groups in total. The molecule has 0 bridgehead atoms. The number of nitrogens with one attached hydrogen (secondary N) is 1. The highest BCUT2D eigenvalue weighted by atomic mass is 32.2. The van der Waals surface area contributed by atoms with Crippen LogP contribution in [0.5, 0.6) is 0 Å².